The first-order chi connectivity index (χ1) is 21.0. The summed E-state index contributed by atoms with van der Waals surface area (Å²) >= 11 is 6.11. The first-order valence-corrected chi connectivity index (χ1v) is 13.9. The number of nitrogen functional groups attached to an aromatic ring is 1. The second kappa shape index (κ2) is 13.0. The maximum absolute atomic E-state index is 14.4. The van der Waals surface area contributed by atoms with Gasteiger partial charge in [-0.1, -0.05) is 41.9 Å². The van der Waals surface area contributed by atoms with Crippen molar-refractivity contribution in [1.82, 2.24) is 25.1 Å². The summed E-state index contributed by atoms with van der Waals surface area (Å²) in [6.45, 7) is 6.65. The molecule has 0 saturated carbocycles. The molecule has 0 radical (unpaired) electrons. The fourth-order valence-electron chi connectivity index (χ4n) is 4.26. The predicted octanol–water partition coefficient (Wildman–Crippen LogP) is 6.08. The largest absolute Gasteiger partial charge is 0.480 e. The van der Waals surface area contributed by atoms with Crippen LogP contribution in [-0.4, -0.2) is 54.7 Å². The Morgan fingerprint density at radius 2 is 1.76 bits per heavy atom. The number of aromatic nitrogens is 4. The number of ether oxygens (including phenoxy) is 2. The van der Waals surface area contributed by atoms with E-state index in [0.29, 0.717) is 16.8 Å². The molecule has 4 N–H and O–H groups in total. The van der Waals surface area contributed by atoms with Crippen LogP contribution in [0.25, 0.3) is 16.9 Å². The van der Waals surface area contributed by atoms with Gasteiger partial charge in [0.15, 0.2) is 0 Å². The highest BCUT2D eigenvalue weighted by Gasteiger charge is 2.45. The third kappa shape index (κ3) is 8.85. The number of hydrogen-bond acceptors (Lipinski definition) is 8. The first-order valence-electron chi connectivity index (χ1n) is 13.5. The number of amides is 1. The summed E-state index contributed by atoms with van der Waals surface area (Å²) in [4.78, 5) is 31.8. The topological polar surface area (TPSA) is 154 Å². The minimum Gasteiger partial charge on any atom is -0.480 e. The second-order valence-electron chi connectivity index (χ2n) is 11.0. The summed E-state index contributed by atoms with van der Waals surface area (Å²) in [7, 11) is 0. The van der Waals surface area contributed by atoms with E-state index in [1.165, 1.54) is 35.1 Å². The van der Waals surface area contributed by atoms with Gasteiger partial charge in [0.1, 0.15) is 11.6 Å². The van der Waals surface area contributed by atoms with Crippen LogP contribution in [0.3, 0.4) is 0 Å². The lowest BCUT2D eigenvalue weighted by atomic mass is 10.0. The molecular weight excluding hydrogens is 617 g/mol. The van der Waals surface area contributed by atoms with Gasteiger partial charge in [-0.15, -0.1) is 0 Å². The number of alkyl halides is 3. The minimum atomic E-state index is -4.87. The summed E-state index contributed by atoms with van der Waals surface area (Å²) in [5, 5.41) is 16.3. The molecule has 2 aromatic heterocycles. The van der Waals surface area contributed by atoms with Crippen molar-refractivity contribution in [2.24, 2.45) is 0 Å². The van der Waals surface area contributed by atoms with Crippen LogP contribution in [0.5, 0.6) is 5.88 Å². The summed E-state index contributed by atoms with van der Waals surface area (Å²) in [6, 6.07) is 11.8. The lowest BCUT2D eigenvalue weighted by Gasteiger charge is -2.24. The number of nitrogens with one attached hydrogen (secondary N) is 1. The van der Waals surface area contributed by atoms with E-state index in [2.05, 4.69) is 20.4 Å². The van der Waals surface area contributed by atoms with Crippen molar-refractivity contribution in [2.45, 2.75) is 58.0 Å². The Morgan fingerprint density at radius 1 is 1.07 bits per heavy atom. The van der Waals surface area contributed by atoms with E-state index in [1.54, 1.807) is 58.0 Å². The van der Waals surface area contributed by atoms with E-state index < -0.39 is 41.9 Å². The Labute approximate surface area is 261 Å². The van der Waals surface area contributed by atoms with Gasteiger partial charge in [-0.05, 0) is 51.5 Å². The number of rotatable bonds is 9. The van der Waals surface area contributed by atoms with Gasteiger partial charge >= 0.3 is 18.2 Å². The average molecular weight is 647 g/mol. The number of carbonyl (C=O) groups excluding carboxylic acids is 1. The van der Waals surface area contributed by atoms with Crippen molar-refractivity contribution in [3.63, 3.8) is 0 Å². The van der Waals surface area contributed by atoms with Crippen molar-refractivity contribution in [1.29, 1.82) is 0 Å². The molecule has 4 rings (SSSR count). The Hall–Kier alpha value is -4.85. The fraction of sp³-hybridized carbons (Fsp3) is 0.300. The lowest BCUT2D eigenvalue weighted by molar-refractivity contribution is -0.198. The number of hydrogen-bond donors (Lipinski definition) is 3. The van der Waals surface area contributed by atoms with Crippen LogP contribution in [-0.2, 0) is 16.0 Å². The number of nitrogens with zero attached hydrogens (tertiary/aromatic N) is 4. The SMILES string of the molecule is Cc1ccn(-c2cc(Cl)ccc2C(Oc2cc(-c3ccc(C[C@H](NC(=O)OC(C)(C)C)C(=O)O)cc3)nc(N)n2)C(F)(F)F)n1. The molecule has 0 aliphatic carbocycles. The number of aliphatic carboxylic acids is 1. The molecule has 0 spiro atoms. The van der Waals surface area contributed by atoms with Crippen LogP contribution >= 0.6 is 11.6 Å². The molecule has 2 heterocycles. The normalized spacial score (nSPS) is 13.2. The van der Waals surface area contributed by atoms with Crippen LogP contribution in [0.2, 0.25) is 5.02 Å². The third-order valence-electron chi connectivity index (χ3n) is 6.18. The number of halogens is 4. The van der Waals surface area contributed by atoms with Crippen LogP contribution in [0, 0.1) is 6.92 Å². The summed E-state index contributed by atoms with van der Waals surface area (Å²) in [5.41, 5.74) is 6.57. The zero-order chi connectivity index (χ0) is 33.1. The molecule has 2 aromatic carbocycles. The number of carboxylic acid groups (broad SMARTS) is 1. The van der Waals surface area contributed by atoms with E-state index in [0.717, 1.165) is 0 Å². The van der Waals surface area contributed by atoms with Crippen molar-refractivity contribution >= 4 is 29.6 Å². The molecular formula is C30H30ClF3N6O5. The number of carboxylic acids is 1. The molecule has 0 aliphatic rings. The van der Waals surface area contributed by atoms with Crippen LogP contribution in [0.15, 0.2) is 60.8 Å². The molecule has 0 saturated heterocycles. The van der Waals surface area contributed by atoms with Crippen molar-refractivity contribution in [3.05, 3.63) is 82.6 Å². The highest BCUT2D eigenvalue weighted by Crippen LogP contribution is 2.40. The molecule has 238 valence electrons. The standard InChI is InChI=1S/C30H30ClF3N6O5/c1-16-11-12-40(39-16)23-14-19(31)9-10-20(23)25(30(32,33)34)44-24-15-21(36-27(35)38-24)18-7-5-17(6-8-18)13-22(26(41)42)37-28(43)45-29(2,3)4/h5-12,14-15,22,25H,13H2,1-4H3,(H,37,43)(H,41,42)(H2,35,36,38)/t22-,25?/m0/s1. The van der Waals surface area contributed by atoms with Gasteiger partial charge < -0.3 is 25.6 Å². The average Bonchev–Trinajstić information content (AvgIpc) is 3.36. The summed E-state index contributed by atoms with van der Waals surface area (Å²) in [5.74, 6) is -2.03. The van der Waals surface area contributed by atoms with Gasteiger partial charge in [0.25, 0.3) is 0 Å². The van der Waals surface area contributed by atoms with Gasteiger partial charge in [0, 0.05) is 34.8 Å². The highest BCUT2D eigenvalue weighted by molar-refractivity contribution is 6.30. The molecule has 11 nitrogen and oxygen atoms in total. The van der Waals surface area contributed by atoms with Gasteiger partial charge in [0.2, 0.25) is 17.9 Å². The van der Waals surface area contributed by atoms with Crippen molar-refractivity contribution in [3.8, 4) is 22.8 Å². The van der Waals surface area contributed by atoms with Gasteiger partial charge in [-0.2, -0.15) is 23.3 Å². The van der Waals surface area contributed by atoms with E-state index in [1.807, 2.05) is 0 Å². The minimum absolute atomic E-state index is 0.0663. The number of alkyl carbamates (subject to hydrolysis) is 1. The maximum Gasteiger partial charge on any atom is 0.429 e. The molecule has 0 bridgehead atoms. The van der Waals surface area contributed by atoms with E-state index >= 15 is 0 Å². The molecule has 4 aromatic rings. The van der Waals surface area contributed by atoms with E-state index in [-0.39, 0.29) is 34.3 Å². The number of aryl methyl sites for hydroxylation is 1. The zero-order valence-corrected chi connectivity index (χ0v) is 25.3. The monoisotopic (exact) mass is 646 g/mol. The Balaban J connectivity index is 1.59. The zero-order valence-electron chi connectivity index (χ0n) is 24.6. The number of carbonyl (C=O) groups is 2. The predicted molar refractivity (Wildman–Crippen MR) is 159 cm³/mol. The molecule has 1 unspecified atom stereocenters. The van der Waals surface area contributed by atoms with Crippen molar-refractivity contribution in [2.75, 3.05) is 5.73 Å². The number of nitrogens with two attached hydrogens (primary N) is 1. The Kier molecular flexibility index (Phi) is 9.56. The van der Waals surface area contributed by atoms with Gasteiger partial charge in [0.05, 0.1) is 17.1 Å². The first kappa shape index (κ1) is 33.1. The smallest absolute Gasteiger partial charge is 0.429 e. The van der Waals surface area contributed by atoms with E-state index in [9.17, 15) is 27.9 Å². The third-order valence-corrected chi connectivity index (χ3v) is 6.41. The van der Waals surface area contributed by atoms with Crippen LogP contribution in [0.4, 0.5) is 23.9 Å². The summed E-state index contributed by atoms with van der Waals surface area (Å²) < 4.78 is 55.2. The van der Waals surface area contributed by atoms with Crippen LogP contribution < -0.4 is 15.8 Å². The highest BCUT2D eigenvalue weighted by atomic mass is 35.5. The summed E-state index contributed by atoms with van der Waals surface area (Å²) in [6.07, 6.45) is -6.78. The van der Waals surface area contributed by atoms with Gasteiger partial charge in [-0.3, -0.25) is 0 Å². The molecule has 2 atom stereocenters. The molecule has 15 heteroatoms. The quantitative estimate of drug-likeness (QED) is 0.196. The number of anilines is 1. The Bertz CT molecular complexity index is 1690. The molecule has 45 heavy (non-hydrogen) atoms. The molecule has 0 fully saturated rings. The second-order valence-corrected chi connectivity index (χ2v) is 11.5. The van der Waals surface area contributed by atoms with Crippen molar-refractivity contribution < 1.29 is 37.3 Å². The molecule has 1 amide bonds. The Morgan fingerprint density at radius 3 is 2.33 bits per heavy atom. The van der Waals surface area contributed by atoms with E-state index in [4.69, 9.17) is 26.8 Å². The maximum atomic E-state index is 14.4. The van der Waals surface area contributed by atoms with Crippen LogP contribution in [0.1, 0.15) is 43.7 Å². The lowest BCUT2D eigenvalue weighted by Crippen LogP contribution is -2.44. The number of benzene rings is 2. The van der Waals surface area contributed by atoms with Gasteiger partial charge in [-0.25, -0.2) is 19.3 Å². The molecule has 0 aliphatic heterocycles. The fourth-order valence-corrected chi connectivity index (χ4v) is 4.43.